The Morgan fingerprint density at radius 1 is 1.20 bits per heavy atom. The fourth-order valence-corrected chi connectivity index (χ4v) is 1.56. The SMILES string of the molecule is CCCCCCC(C)(C)OCCC(C)O. The minimum absolute atomic E-state index is 0.0252. The van der Waals surface area contributed by atoms with Crippen molar-refractivity contribution in [3.63, 3.8) is 0 Å². The zero-order chi connectivity index (χ0) is 11.7. The molecule has 0 heterocycles. The van der Waals surface area contributed by atoms with E-state index in [4.69, 9.17) is 9.84 Å². The highest BCUT2D eigenvalue weighted by molar-refractivity contribution is 4.68. The molecule has 0 aromatic rings. The Balaban J connectivity index is 3.48. The monoisotopic (exact) mass is 216 g/mol. The van der Waals surface area contributed by atoms with Gasteiger partial charge in [-0.15, -0.1) is 0 Å². The zero-order valence-corrected chi connectivity index (χ0v) is 10.9. The third-order valence-corrected chi connectivity index (χ3v) is 2.66. The standard InChI is InChI=1S/C13H28O2/c1-5-6-7-8-10-13(3,4)15-11-9-12(2)14/h12,14H,5-11H2,1-4H3. The van der Waals surface area contributed by atoms with Crippen LogP contribution in [0.3, 0.4) is 0 Å². The van der Waals surface area contributed by atoms with Crippen LogP contribution in [0.25, 0.3) is 0 Å². The van der Waals surface area contributed by atoms with Gasteiger partial charge in [0.15, 0.2) is 0 Å². The van der Waals surface area contributed by atoms with Crippen LogP contribution in [0.2, 0.25) is 0 Å². The number of aliphatic hydroxyl groups is 1. The Hall–Kier alpha value is -0.0800. The van der Waals surface area contributed by atoms with Crippen molar-refractivity contribution in [3.8, 4) is 0 Å². The van der Waals surface area contributed by atoms with Crippen LogP contribution in [0.15, 0.2) is 0 Å². The van der Waals surface area contributed by atoms with Crippen LogP contribution in [0, 0.1) is 0 Å². The van der Waals surface area contributed by atoms with Gasteiger partial charge in [-0.05, 0) is 33.6 Å². The van der Waals surface area contributed by atoms with Gasteiger partial charge in [-0.3, -0.25) is 0 Å². The Morgan fingerprint density at radius 2 is 1.87 bits per heavy atom. The van der Waals surface area contributed by atoms with Crippen molar-refractivity contribution < 1.29 is 9.84 Å². The largest absolute Gasteiger partial charge is 0.393 e. The van der Waals surface area contributed by atoms with E-state index < -0.39 is 0 Å². The molecule has 0 rings (SSSR count). The summed E-state index contributed by atoms with van der Waals surface area (Å²) >= 11 is 0. The van der Waals surface area contributed by atoms with Gasteiger partial charge in [0.05, 0.1) is 11.7 Å². The molecule has 92 valence electrons. The number of rotatable bonds is 9. The molecule has 15 heavy (non-hydrogen) atoms. The lowest BCUT2D eigenvalue weighted by molar-refractivity contribution is -0.0359. The highest BCUT2D eigenvalue weighted by Crippen LogP contribution is 2.19. The van der Waals surface area contributed by atoms with Crippen molar-refractivity contribution in [3.05, 3.63) is 0 Å². The first kappa shape index (κ1) is 14.9. The smallest absolute Gasteiger partial charge is 0.0626 e. The van der Waals surface area contributed by atoms with E-state index >= 15 is 0 Å². The van der Waals surface area contributed by atoms with E-state index in [9.17, 15) is 0 Å². The van der Waals surface area contributed by atoms with E-state index in [1.54, 1.807) is 6.92 Å². The highest BCUT2D eigenvalue weighted by atomic mass is 16.5. The second-order valence-corrected chi connectivity index (χ2v) is 5.06. The number of aliphatic hydroxyl groups excluding tert-OH is 1. The molecule has 2 nitrogen and oxygen atoms in total. The fourth-order valence-electron chi connectivity index (χ4n) is 1.56. The lowest BCUT2D eigenvalue weighted by Crippen LogP contribution is -2.25. The molecule has 0 aliphatic carbocycles. The van der Waals surface area contributed by atoms with Gasteiger partial charge >= 0.3 is 0 Å². The summed E-state index contributed by atoms with van der Waals surface area (Å²) in [6, 6.07) is 0. The first-order chi connectivity index (χ1) is 6.98. The van der Waals surface area contributed by atoms with Gasteiger partial charge in [0.1, 0.15) is 0 Å². The normalized spacial score (nSPS) is 14.2. The molecular formula is C13H28O2. The summed E-state index contributed by atoms with van der Waals surface area (Å²) in [5.41, 5.74) is -0.0252. The minimum Gasteiger partial charge on any atom is -0.393 e. The Morgan fingerprint density at radius 3 is 2.40 bits per heavy atom. The van der Waals surface area contributed by atoms with Gasteiger partial charge in [0, 0.05) is 6.61 Å². The van der Waals surface area contributed by atoms with Gasteiger partial charge in [0.25, 0.3) is 0 Å². The Bertz CT molecular complexity index is 141. The lowest BCUT2D eigenvalue weighted by Gasteiger charge is -2.25. The maximum Gasteiger partial charge on any atom is 0.0626 e. The fraction of sp³-hybridized carbons (Fsp3) is 1.00. The lowest BCUT2D eigenvalue weighted by atomic mass is 10.00. The minimum atomic E-state index is -0.249. The molecule has 0 aromatic heterocycles. The molecule has 0 aromatic carbocycles. The maximum atomic E-state index is 9.12. The van der Waals surface area contributed by atoms with Crippen molar-refractivity contribution in [1.29, 1.82) is 0 Å². The molecule has 2 heteroatoms. The van der Waals surface area contributed by atoms with Crippen LogP contribution in [0.5, 0.6) is 0 Å². The Labute approximate surface area is 95.0 Å². The van der Waals surface area contributed by atoms with Crippen LogP contribution in [0.1, 0.15) is 66.2 Å². The number of hydrogen-bond donors (Lipinski definition) is 1. The second kappa shape index (κ2) is 8.12. The number of ether oxygens (including phenoxy) is 1. The van der Waals surface area contributed by atoms with Crippen molar-refractivity contribution in [2.75, 3.05) is 6.61 Å². The summed E-state index contributed by atoms with van der Waals surface area (Å²) in [7, 11) is 0. The summed E-state index contributed by atoms with van der Waals surface area (Å²) < 4.78 is 5.76. The van der Waals surface area contributed by atoms with E-state index in [2.05, 4.69) is 20.8 Å². The van der Waals surface area contributed by atoms with E-state index in [1.807, 2.05) is 0 Å². The molecule has 0 saturated carbocycles. The molecule has 1 N–H and O–H groups in total. The summed E-state index contributed by atoms with van der Waals surface area (Å²) in [4.78, 5) is 0. The molecule has 0 fully saturated rings. The van der Waals surface area contributed by atoms with Gasteiger partial charge in [0.2, 0.25) is 0 Å². The average Bonchev–Trinajstić information content (AvgIpc) is 2.11. The maximum absolute atomic E-state index is 9.12. The summed E-state index contributed by atoms with van der Waals surface area (Å²) in [6.07, 6.45) is 6.76. The molecule has 0 bridgehead atoms. The topological polar surface area (TPSA) is 29.5 Å². The Kier molecular flexibility index (Phi) is 8.07. The summed E-state index contributed by atoms with van der Waals surface area (Å²) in [6.45, 7) is 8.97. The van der Waals surface area contributed by atoms with Crippen LogP contribution >= 0.6 is 0 Å². The van der Waals surface area contributed by atoms with Crippen LogP contribution in [0.4, 0.5) is 0 Å². The predicted octanol–water partition coefficient (Wildman–Crippen LogP) is 3.52. The summed E-state index contributed by atoms with van der Waals surface area (Å²) in [5.74, 6) is 0. The highest BCUT2D eigenvalue weighted by Gasteiger charge is 2.17. The second-order valence-electron chi connectivity index (χ2n) is 5.06. The van der Waals surface area contributed by atoms with Gasteiger partial charge in [-0.2, -0.15) is 0 Å². The molecule has 0 spiro atoms. The first-order valence-electron chi connectivity index (χ1n) is 6.30. The first-order valence-corrected chi connectivity index (χ1v) is 6.30. The average molecular weight is 216 g/mol. The van der Waals surface area contributed by atoms with Crippen LogP contribution in [-0.2, 0) is 4.74 Å². The van der Waals surface area contributed by atoms with Gasteiger partial charge in [-0.1, -0.05) is 32.6 Å². The molecule has 0 aliphatic rings. The third-order valence-electron chi connectivity index (χ3n) is 2.66. The van der Waals surface area contributed by atoms with Crippen molar-refractivity contribution in [2.45, 2.75) is 77.9 Å². The van der Waals surface area contributed by atoms with E-state index in [1.165, 1.54) is 25.7 Å². The molecular weight excluding hydrogens is 188 g/mol. The molecule has 1 unspecified atom stereocenters. The van der Waals surface area contributed by atoms with E-state index in [-0.39, 0.29) is 11.7 Å². The van der Waals surface area contributed by atoms with Gasteiger partial charge < -0.3 is 9.84 Å². The zero-order valence-electron chi connectivity index (χ0n) is 10.9. The molecule has 0 radical (unpaired) electrons. The number of unbranched alkanes of at least 4 members (excludes halogenated alkanes) is 3. The van der Waals surface area contributed by atoms with Crippen LogP contribution < -0.4 is 0 Å². The summed E-state index contributed by atoms with van der Waals surface area (Å²) in [5, 5.41) is 9.12. The van der Waals surface area contributed by atoms with Crippen molar-refractivity contribution >= 4 is 0 Å². The van der Waals surface area contributed by atoms with E-state index in [0.29, 0.717) is 6.61 Å². The molecule has 0 saturated heterocycles. The molecule has 1 atom stereocenters. The molecule has 0 amide bonds. The van der Waals surface area contributed by atoms with Crippen molar-refractivity contribution in [2.24, 2.45) is 0 Å². The predicted molar refractivity (Wildman–Crippen MR) is 65.1 cm³/mol. The van der Waals surface area contributed by atoms with E-state index in [0.717, 1.165) is 12.8 Å². The van der Waals surface area contributed by atoms with Gasteiger partial charge in [-0.25, -0.2) is 0 Å². The van der Waals surface area contributed by atoms with Crippen LogP contribution in [-0.4, -0.2) is 23.4 Å². The number of hydrogen-bond acceptors (Lipinski definition) is 2. The van der Waals surface area contributed by atoms with Crippen molar-refractivity contribution in [1.82, 2.24) is 0 Å². The quantitative estimate of drug-likeness (QED) is 0.597. The molecule has 0 aliphatic heterocycles. The third kappa shape index (κ3) is 10.2.